The molecule has 0 amide bonds. The molecule has 3 aromatic rings. The Morgan fingerprint density at radius 3 is 1.13 bits per heavy atom. The average Bonchev–Trinajstić information content (AvgIpc) is 2.68. The predicted molar refractivity (Wildman–Crippen MR) is 108 cm³/mol. The van der Waals surface area contributed by atoms with Crippen molar-refractivity contribution < 1.29 is 34.7 Å². The molecule has 10 heteroatoms. The summed E-state index contributed by atoms with van der Waals surface area (Å²) in [5, 5.41) is 0. The van der Waals surface area contributed by atoms with Crippen molar-refractivity contribution >= 4 is 18.7 Å². The van der Waals surface area contributed by atoms with Crippen LogP contribution in [0.15, 0.2) is 93.5 Å². The van der Waals surface area contributed by atoms with Crippen molar-refractivity contribution in [2.45, 2.75) is 14.7 Å². The minimum absolute atomic E-state index is 0.146. The van der Waals surface area contributed by atoms with Crippen LogP contribution in [0.25, 0.3) is 0 Å². The van der Waals surface area contributed by atoms with Crippen molar-refractivity contribution in [2.75, 3.05) is 14.2 Å². The van der Waals surface area contributed by atoms with Crippen LogP contribution < -0.4 is 9.47 Å². The van der Waals surface area contributed by atoms with E-state index in [1.165, 1.54) is 14.7 Å². The van der Waals surface area contributed by atoms with Gasteiger partial charge >= 0.3 is 33.0 Å². The van der Waals surface area contributed by atoms with Gasteiger partial charge in [0.25, 0.3) is 0 Å². The van der Waals surface area contributed by atoms with E-state index in [0.717, 1.165) is 11.5 Å². The van der Waals surface area contributed by atoms with Gasteiger partial charge < -0.3 is 9.47 Å². The van der Waals surface area contributed by atoms with Gasteiger partial charge in [-0.25, -0.2) is 0 Å². The monoisotopic (exact) mass is 468 g/mol. The Hall–Kier alpha value is -2.38. The van der Waals surface area contributed by atoms with E-state index in [1.54, 1.807) is 14.2 Å². The van der Waals surface area contributed by atoms with E-state index in [-0.39, 0.29) is 10.9 Å². The summed E-state index contributed by atoms with van der Waals surface area (Å²) in [6.07, 6.45) is 0. The molecule has 164 valence electrons. The third kappa shape index (κ3) is 8.97. The van der Waals surface area contributed by atoms with Gasteiger partial charge in [-0.05, 0) is 60.7 Å². The fraction of sp³-hybridized carbons (Fsp3) is 0.100. The Balaban J connectivity index is 0.000000396. The molecule has 0 N–H and O–H groups in total. The second-order valence-corrected chi connectivity index (χ2v) is 9.87. The molecule has 0 aliphatic heterocycles. The average molecular weight is 468 g/mol. The molecule has 0 bridgehead atoms. The Labute approximate surface area is 173 Å². The maximum atomic E-state index is 9.87. The van der Waals surface area contributed by atoms with E-state index in [1.807, 2.05) is 30.3 Å². The van der Waals surface area contributed by atoms with Gasteiger partial charge in [0.2, 0.25) is 0 Å². The summed E-state index contributed by atoms with van der Waals surface area (Å²) in [7, 11) is -7.42. The number of rotatable bonds is 5. The molecule has 0 unspecified atom stereocenters. The van der Waals surface area contributed by atoms with Crippen molar-refractivity contribution in [1.82, 2.24) is 0 Å². The summed E-state index contributed by atoms with van der Waals surface area (Å²) in [4.78, 5) is 3.83. The zero-order valence-electron chi connectivity index (χ0n) is 15.9. The molecule has 0 atom stereocenters. The first-order valence-electron chi connectivity index (χ1n) is 8.40. The van der Waals surface area contributed by atoms with Gasteiger partial charge in [0, 0.05) is 0 Å². The number of methoxy groups -OCH3 is 2. The quantitative estimate of drug-likeness (QED) is 0.214. The van der Waals surface area contributed by atoms with E-state index in [0.29, 0.717) is 0 Å². The molecule has 0 spiro atoms. The van der Waals surface area contributed by atoms with Crippen LogP contribution >= 0.6 is 7.81 Å². The molecule has 0 saturated heterocycles. The zero-order chi connectivity index (χ0) is 22.5. The predicted octanol–water partition coefficient (Wildman–Crippen LogP) is 8.18. The van der Waals surface area contributed by atoms with Gasteiger partial charge in [-0.15, -0.1) is 0 Å². The maximum absolute atomic E-state index is 10.7. The fourth-order valence-corrected chi connectivity index (χ4v) is 4.45. The third-order valence-corrected chi connectivity index (χ3v) is 5.80. The van der Waals surface area contributed by atoms with Crippen molar-refractivity contribution in [2.24, 2.45) is 0 Å². The molecule has 3 rings (SSSR count). The van der Waals surface area contributed by atoms with Crippen molar-refractivity contribution in [1.29, 1.82) is 0 Å². The Bertz CT molecular complexity index is 888. The van der Waals surface area contributed by atoms with Crippen LogP contribution in [0, 0.1) is 0 Å². The summed E-state index contributed by atoms with van der Waals surface area (Å²) in [6, 6.07) is 27.2. The number of hydrogen-bond acceptors (Lipinski definition) is 2. The van der Waals surface area contributed by atoms with Crippen LogP contribution in [-0.2, 0) is 10.9 Å². The standard InChI is InChI=1S/C20H19O2S.F6P/c1-21-16-8-12-19(13-9-16)23(18-6-4-3-5-7-18)20-14-10-17(22-2)11-15-20;1-7(2,3,4,5)6/h3-15H,1-2H3;/q+1;-1. The molecule has 0 heterocycles. The zero-order valence-corrected chi connectivity index (χ0v) is 17.7. The summed E-state index contributed by atoms with van der Waals surface area (Å²) in [5.74, 6) is 1.75. The van der Waals surface area contributed by atoms with Gasteiger partial charge in [-0.3, -0.25) is 0 Å². The third-order valence-electron chi connectivity index (χ3n) is 3.57. The fourth-order valence-electron chi connectivity index (χ4n) is 2.39. The second-order valence-electron chi connectivity index (χ2n) is 5.93. The van der Waals surface area contributed by atoms with E-state index < -0.39 is 7.81 Å². The Kier molecular flexibility index (Phi) is 6.69. The summed E-state index contributed by atoms with van der Waals surface area (Å²) < 4.78 is 69.7. The molecule has 0 fully saturated rings. The molecular formula is C20H19F6O2PS. The van der Waals surface area contributed by atoms with E-state index in [9.17, 15) is 25.2 Å². The number of ether oxygens (including phenoxy) is 2. The van der Waals surface area contributed by atoms with Crippen molar-refractivity contribution in [3.63, 3.8) is 0 Å². The summed E-state index contributed by atoms with van der Waals surface area (Å²) in [5.41, 5.74) is 0. The van der Waals surface area contributed by atoms with Crippen LogP contribution in [0.4, 0.5) is 25.2 Å². The molecule has 0 aromatic heterocycles. The van der Waals surface area contributed by atoms with Gasteiger partial charge in [-0.1, -0.05) is 18.2 Å². The van der Waals surface area contributed by atoms with Crippen LogP contribution in [0.5, 0.6) is 11.5 Å². The van der Waals surface area contributed by atoms with Gasteiger partial charge in [0.1, 0.15) is 11.5 Å². The van der Waals surface area contributed by atoms with Gasteiger partial charge in [-0.2, -0.15) is 0 Å². The molecule has 2 nitrogen and oxygen atoms in total. The number of hydrogen-bond donors (Lipinski definition) is 0. The van der Waals surface area contributed by atoms with E-state index in [4.69, 9.17) is 9.47 Å². The molecular weight excluding hydrogens is 449 g/mol. The number of halogens is 6. The van der Waals surface area contributed by atoms with Crippen LogP contribution in [0.2, 0.25) is 0 Å². The van der Waals surface area contributed by atoms with Crippen molar-refractivity contribution in [3.05, 3.63) is 78.9 Å². The minimum atomic E-state index is -10.7. The van der Waals surface area contributed by atoms with E-state index >= 15 is 0 Å². The number of benzene rings is 3. The van der Waals surface area contributed by atoms with Gasteiger partial charge in [0.05, 0.1) is 25.1 Å². The molecule has 0 aliphatic rings. The Morgan fingerprint density at radius 1 is 0.533 bits per heavy atom. The van der Waals surface area contributed by atoms with E-state index in [2.05, 4.69) is 48.5 Å². The molecule has 0 saturated carbocycles. The SMILES string of the molecule is COc1ccc([S+](c2ccccc2)c2ccc(OC)cc2)cc1.F[P-](F)(F)(F)(F)F. The summed E-state index contributed by atoms with van der Waals surface area (Å²) >= 11 is 0. The van der Waals surface area contributed by atoms with Crippen molar-refractivity contribution in [3.8, 4) is 11.5 Å². The normalized spacial score (nSPS) is 13.5. The first kappa shape index (κ1) is 23.9. The summed E-state index contributed by atoms with van der Waals surface area (Å²) in [6.45, 7) is 0. The van der Waals surface area contributed by atoms with Gasteiger partial charge in [0.15, 0.2) is 14.7 Å². The molecule has 3 aromatic carbocycles. The molecule has 0 radical (unpaired) electrons. The Morgan fingerprint density at radius 2 is 0.833 bits per heavy atom. The molecule has 0 aliphatic carbocycles. The first-order chi connectivity index (χ1) is 13.8. The van der Waals surface area contributed by atoms with Crippen LogP contribution in [-0.4, -0.2) is 14.2 Å². The molecule has 30 heavy (non-hydrogen) atoms. The first-order valence-corrected chi connectivity index (χ1v) is 11.7. The topological polar surface area (TPSA) is 18.5 Å². The second kappa shape index (κ2) is 8.40. The van der Waals surface area contributed by atoms with Crippen LogP contribution in [0.1, 0.15) is 0 Å². The van der Waals surface area contributed by atoms with Crippen LogP contribution in [0.3, 0.4) is 0 Å².